The number of phenols is 1. The second-order valence-corrected chi connectivity index (χ2v) is 12.0. The van der Waals surface area contributed by atoms with Crippen molar-refractivity contribution in [3.05, 3.63) is 93.0 Å². The monoisotopic (exact) mass is 487 g/mol. The number of rotatable bonds is 7. The standard InChI is InChI=1S/C30H37N3O3/c1-20-14-15-24(26(16-20)33(35)36)31-32-25-18-22(29(5,6)19-28(2,3)4)17-23(27(25)34)30(7,8)21-12-10-9-11-13-21/h9-18,34H,19H2,1-8H3. The van der Waals surface area contributed by atoms with Gasteiger partial charge in [-0.2, -0.15) is 0 Å². The molecule has 0 atom stereocenters. The molecule has 3 aromatic carbocycles. The van der Waals surface area contributed by atoms with Gasteiger partial charge in [0.25, 0.3) is 5.69 Å². The Morgan fingerprint density at radius 2 is 1.44 bits per heavy atom. The van der Waals surface area contributed by atoms with Gasteiger partial charge in [0.1, 0.15) is 11.4 Å². The highest BCUT2D eigenvalue weighted by Crippen LogP contribution is 2.47. The number of benzene rings is 3. The summed E-state index contributed by atoms with van der Waals surface area (Å²) in [4.78, 5) is 11.1. The zero-order valence-corrected chi connectivity index (χ0v) is 22.6. The van der Waals surface area contributed by atoms with Crippen molar-refractivity contribution >= 4 is 17.1 Å². The molecule has 3 aromatic rings. The maximum absolute atomic E-state index is 11.6. The molecule has 0 unspecified atom stereocenters. The Morgan fingerprint density at radius 3 is 2.03 bits per heavy atom. The number of hydrogen-bond donors (Lipinski definition) is 1. The first kappa shape index (κ1) is 27.1. The van der Waals surface area contributed by atoms with Crippen LogP contribution in [0.25, 0.3) is 0 Å². The molecule has 6 heteroatoms. The lowest BCUT2D eigenvalue weighted by Crippen LogP contribution is -2.26. The SMILES string of the molecule is Cc1ccc(N=Nc2cc(C(C)(C)CC(C)(C)C)cc(C(C)(C)c3ccccc3)c2O)c([N+](=O)[O-])c1. The summed E-state index contributed by atoms with van der Waals surface area (Å²) in [6, 6.07) is 18.8. The minimum Gasteiger partial charge on any atom is -0.505 e. The third-order valence-electron chi connectivity index (χ3n) is 6.61. The second-order valence-electron chi connectivity index (χ2n) is 12.0. The van der Waals surface area contributed by atoms with Gasteiger partial charge in [0.15, 0.2) is 5.69 Å². The van der Waals surface area contributed by atoms with Crippen molar-refractivity contribution in [3.63, 3.8) is 0 Å². The number of nitro groups is 1. The van der Waals surface area contributed by atoms with Crippen molar-refractivity contribution < 1.29 is 10.0 Å². The third-order valence-corrected chi connectivity index (χ3v) is 6.61. The van der Waals surface area contributed by atoms with E-state index in [1.54, 1.807) is 19.1 Å². The van der Waals surface area contributed by atoms with Crippen LogP contribution in [0.4, 0.5) is 17.1 Å². The van der Waals surface area contributed by atoms with Crippen LogP contribution in [0.15, 0.2) is 70.9 Å². The fourth-order valence-electron chi connectivity index (χ4n) is 4.97. The van der Waals surface area contributed by atoms with Crippen LogP contribution < -0.4 is 0 Å². The van der Waals surface area contributed by atoms with Crippen molar-refractivity contribution in [2.45, 2.75) is 72.6 Å². The molecule has 0 fully saturated rings. The molecular formula is C30H37N3O3. The smallest absolute Gasteiger partial charge is 0.296 e. The predicted molar refractivity (Wildman–Crippen MR) is 146 cm³/mol. The average Bonchev–Trinajstić information content (AvgIpc) is 2.77. The molecule has 36 heavy (non-hydrogen) atoms. The molecule has 0 aliphatic carbocycles. The summed E-state index contributed by atoms with van der Waals surface area (Å²) in [6.07, 6.45) is 0.913. The normalized spacial score (nSPS) is 12.8. The van der Waals surface area contributed by atoms with Crippen LogP contribution in [-0.2, 0) is 10.8 Å². The summed E-state index contributed by atoms with van der Waals surface area (Å²) in [5.41, 5.74) is 3.27. The van der Waals surface area contributed by atoms with Gasteiger partial charge in [0.2, 0.25) is 0 Å². The largest absolute Gasteiger partial charge is 0.505 e. The van der Waals surface area contributed by atoms with Gasteiger partial charge >= 0.3 is 0 Å². The lowest BCUT2D eigenvalue weighted by Gasteiger charge is -2.35. The third kappa shape index (κ3) is 5.99. The highest BCUT2D eigenvalue weighted by molar-refractivity contribution is 5.63. The van der Waals surface area contributed by atoms with Gasteiger partial charge in [-0.1, -0.05) is 90.9 Å². The van der Waals surface area contributed by atoms with Crippen LogP contribution in [0.3, 0.4) is 0 Å². The summed E-state index contributed by atoms with van der Waals surface area (Å²) in [5.74, 6) is 0.0256. The number of aromatic hydroxyl groups is 1. The number of phenolic OH excluding ortho intramolecular Hbond substituents is 1. The number of nitrogens with zero attached hydrogens (tertiary/aromatic N) is 3. The molecule has 0 saturated heterocycles. The molecule has 0 bridgehead atoms. The molecular weight excluding hydrogens is 450 g/mol. The zero-order chi connectivity index (χ0) is 26.9. The minimum absolute atomic E-state index is 0.0256. The fourth-order valence-corrected chi connectivity index (χ4v) is 4.97. The molecule has 0 amide bonds. The van der Waals surface area contributed by atoms with E-state index in [0.29, 0.717) is 5.69 Å². The Hall–Kier alpha value is -3.54. The van der Waals surface area contributed by atoms with Crippen LogP contribution in [0.5, 0.6) is 5.75 Å². The lowest BCUT2D eigenvalue weighted by molar-refractivity contribution is -0.384. The number of hydrogen-bond acceptors (Lipinski definition) is 5. The Balaban J connectivity index is 2.23. The molecule has 0 aromatic heterocycles. The van der Waals surface area contributed by atoms with E-state index in [9.17, 15) is 15.2 Å². The van der Waals surface area contributed by atoms with E-state index in [0.717, 1.165) is 28.7 Å². The molecule has 1 N–H and O–H groups in total. The van der Waals surface area contributed by atoms with E-state index in [1.807, 2.05) is 36.4 Å². The van der Waals surface area contributed by atoms with Gasteiger partial charge in [0, 0.05) is 17.0 Å². The Labute approximate surface area is 214 Å². The average molecular weight is 488 g/mol. The molecule has 0 spiro atoms. The zero-order valence-electron chi connectivity index (χ0n) is 22.6. The molecule has 6 nitrogen and oxygen atoms in total. The van der Waals surface area contributed by atoms with Crippen molar-refractivity contribution in [1.29, 1.82) is 0 Å². The van der Waals surface area contributed by atoms with E-state index < -0.39 is 10.3 Å². The summed E-state index contributed by atoms with van der Waals surface area (Å²) in [5, 5.41) is 31.6. The summed E-state index contributed by atoms with van der Waals surface area (Å²) < 4.78 is 0. The number of azo groups is 1. The first-order valence-corrected chi connectivity index (χ1v) is 12.2. The Bertz CT molecular complexity index is 1290. The van der Waals surface area contributed by atoms with Crippen LogP contribution >= 0.6 is 0 Å². The first-order valence-electron chi connectivity index (χ1n) is 12.2. The van der Waals surface area contributed by atoms with Crippen molar-refractivity contribution in [2.75, 3.05) is 0 Å². The summed E-state index contributed by atoms with van der Waals surface area (Å²) >= 11 is 0. The van der Waals surface area contributed by atoms with Gasteiger partial charge in [-0.25, -0.2) is 0 Å². The Morgan fingerprint density at radius 1 is 0.833 bits per heavy atom. The predicted octanol–water partition coefficient (Wildman–Crippen LogP) is 9.06. The molecule has 0 aliphatic heterocycles. The number of nitro benzene ring substituents is 1. The van der Waals surface area contributed by atoms with Crippen LogP contribution in [0.2, 0.25) is 0 Å². The fraction of sp³-hybridized carbons (Fsp3) is 0.400. The van der Waals surface area contributed by atoms with E-state index in [2.05, 4.69) is 64.8 Å². The summed E-state index contributed by atoms with van der Waals surface area (Å²) in [7, 11) is 0. The Kier molecular flexibility index (Phi) is 7.40. The highest BCUT2D eigenvalue weighted by atomic mass is 16.6. The molecule has 3 rings (SSSR count). The minimum atomic E-state index is -0.515. The van der Waals surface area contributed by atoms with E-state index in [1.165, 1.54) is 6.07 Å². The second kappa shape index (κ2) is 9.84. The molecule has 0 saturated carbocycles. The molecule has 0 heterocycles. The van der Waals surface area contributed by atoms with Crippen LogP contribution in [-0.4, -0.2) is 10.0 Å². The highest BCUT2D eigenvalue weighted by Gasteiger charge is 2.33. The summed E-state index contributed by atoms with van der Waals surface area (Å²) in [6.45, 7) is 16.9. The maximum atomic E-state index is 11.6. The first-order chi connectivity index (χ1) is 16.6. The van der Waals surface area contributed by atoms with E-state index in [4.69, 9.17) is 0 Å². The topological polar surface area (TPSA) is 88.1 Å². The van der Waals surface area contributed by atoms with Gasteiger partial charge in [-0.05, 0) is 53.0 Å². The lowest BCUT2D eigenvalue weighted by atomic mass is 9.70. The van der Waals surface area contributed by atoms with Crippen molar-refractivity contribution in [2.24, 2.45) is 15.6 Å². The van der Waals surface area contributed by atoms with Gasteiger partial charge in [-0.3, -0.25) is 10.1 Å². The number of aryl methyl sites for hydroxylation is 1. The van der Waals surface area contributed by atoms with Crippen LogP contribution in [0.1, 0.15) is 77.1 Å². The molecule has 0 aliphatic rings. The quantitative estimate of drug-likeness (QED) is 0.205. The van der Waals surface area contributed by atoms with Crippen LogP contribution in [0, 0.1) is 22.5 Å². The van der Waals surface area contributed by atoms with E-state index >= 15 is 0 Å². The molecule has 0 radical (unpaired) electrons. The van der Waals surface area contributed by atoms with E-state index in [-0.39, 0.29) is 28.0 Å². The van der Waals surface area contributed by atoms with Crippen molar-refractivity contribution in [1.82, 2.24) is 0 Å². The maximum Gasteiger partial charge on any atom is 0.296 e. The van der Waals surface area contributed by atoms with Gasteiger partial charge in [-0.15, -0.1) is 10.2 Å². The van der Waals surface area contributed by atoms with Gasteiger partial charge in [0.05, 0.1) is 4.92 Å². The van der Waals surface area contributed by atoms with Gasteiger partial charge < -0.3 is 5.11 Å². The van der Waals surface area contributed by atoms with Crippen molar-refractivity contribution in [3.8, 4) is 5.75 Å². The molecule has 190 valence electrons.